The molecule has 1 aliphatic heterocycles. The van der Waals surface area contributed by atoms with E-state index in [1.54, 1.807) is 36.4 Å². The van der Waals surface area contributed by atoms with Crippen molar-refractivity contribution in [2.24, 2.45) is 0 Å². The number of carbonyl (C=O) groups is 2. The van der Waals surface area contributed by atoms with Crippen molar-refractivity contribution in [2.45, 2.75) is 32.5 Å². The summed E-state index contributed by atoms with van der Waals surface area (Å²) in [6.07, 6.45) is 0. The summed E-state index contributed by atoms with van der Waals surface area (Å²) in [7, 11) is 0. The van der Waals surface area contributed by atoms with Crippen molar-refractivity contribution < 1.29 is 14.7 Å². The largest absolute Gasteiger partial charge is 0.388 e. The maximum Gasteiger partial charge on any atom is 0.254 e. The number of halogens is 1. The first kappa shape index (κ1) is 20.5. The Bertz CT molecular complexity index is 841. The number of carbonyl (C=O) groups excluding carboxylic acids is 2. The van der Waals surface area contributed by atoms with Crippen molar-refractivity contribution in [3.05, 3.63) is 70.2 Å². The standard InChI is InChI=1S/C22H25ClN2O3/c1-15-11-24(22(28)19-4-3-5-20(23)10-19)12-16(2)25(15)13-17-6-8-18(9-7-17)21(27)14-26/h3-10,15-16,26H,11-14H2,1-2H3/t15-,16+. The molecule has 0 saturated carbocycles. The number of benzene rings is 2. The molecular formula is C22H25ClN2O3. The summed E-state index contributed by atoms with van der Waals surface area (Å²) < 4.78 is 0. The van der Waals surface area contributed by atoms with Crippen LogP contribution < -0.4 is 0 Å². The van der Waals surface area contributed by atoms with E-state index in [4.69, 9.17) is 16.7 Å². The summed E-state index contributed by atoms with van der Waals surface area (Å²) in [5.74, 6) is -0.269. The molecule has 0 radical (unpaired) electrons. The van der Waals surface area contributed by atoms with Crippen molar-refractivity contribution in [3.63, 3.8) is 0 Å². The van der Waals surface area contributed by atoms with E-state index >= 15 is 0 Å². The molecule has 1 N–H and O–H groups in total. The van der Waals surface area contributed by atoms with Crippen LogP contribution in [0.3, 0.4) is 0 Å². The predicted molar refractivity (Wildman–Crippen MR) is 110 cm³/mol. The Kier molecular flexibility index (Phi) is 6.50. The zero-order valence-corrected chi connectivity index (χ0v) is 16.9. The summed E-state index contributed by atoms with van der Waals surface area (Å²) in [5, 5.41) is 9.52. The molecule has 0 spiro atoms. The zero-order chi connectivity index (χ0) is 20.3. The minimum absolute atomic E-state index is 0.00715. The number of nitrogens with zero attached hydrogens (tertiary/aromatic N) is 2. The molecule has 0 aromatic heterocycles. The summed E-state index contributed by atoms with van der Waals surface area (Å²) in [6.45, 7) is 5.81. The first-order valence-corrected chi connectivity index (χ1v) is 9.80. The van der Waals surface area contributed by atoms with Gasteiger partial charge in [-0.1, -0.05) is 41.9 Å². The van der Waals surface area contributed by atoms with Gasteiger partial charge in [0.15, 0.2) is 5.78 Å². The van der Waals surface area contributed by atoms with Gasteiger partial charge in [-0.3, -0.25) is 14.5 Å². The molecule has 0 bridgehead atoms. The fourth-order valence-corrected chi connectivity index (χ4v) is 3.93. The number of piperazine rings is 1. The molecule has 6 heteroatoms. The highest BCUT2D eigenvalue weighted by molar-refractivity contribution is 6.30. The van der Waals surface area contributed by atoms with E-state index in [1.807, 2.05) is 17.0 Å². The van der Waals surface area contributed by atoms with E-state index in [0.717, 1.165) is 12.1 Å². The average Bonchev–Trinajstić information content (AvgIpc) is 2.70. The fraction of sp³-hybridized carbons (Fsp3) is 0.364. The Morgan fingerprint density at radius 3 is 2.25 bits per heavy atom. The Balaban J connectivity index is 1.66. The first-order chi connectivity index (χ1) is 13.4. The van der Waals surface area contributed by atoms with Gasteiger partial charge >= 0.3 is 0 Å². The van der Waals surface area contributed by atoms with Crippen LogP contribution >= 0.6 is 11.6 Å². The molecule has 0 unspecified atom stereocenters. The third kappa shape index (κ3) is 4.61. The molecule has 0 aliphatic carbocycles. The molecule has 1 aliphatic rings. The summed E-state index contributed by atoms with van der Waals surface area (Å²) in [5.41, 5.74) is 2.23. The van der Waals surface area contributed by atoms with E-state index in [2.05, 4.69) is 18.7 Å². The lowest BCUT2D eigenvalue weighted by Crippen LogP contribution is -2.57. The molecule has 2 atom stereocenters. The molecule has 1 saturated heterocycles. The lowest BCUT2D eigenvalue weighted by atomic mass is 10.0. The van der Waals surface area contributed by atoms with Gasteiger partial charge in [-0.25, -0.2) is 0 Å². The normalized spacial score (nSPS) is 20.2. The van der Waals surface area contributed by atoms with Crippen LogP contribution in [-0.2, 0) is 6.54 Å². The highest BCUT2D eigenvalue weighted by atomic mass is 35.5. The average molecular weight is 401 g/mol. The van der Waals surface area contributed by atoms with Crippen LogP contribution in [0.25, 0.3) is 0 Å². The smallest absolute Gasteiger partial charge is 0.254 e. The van der Waals surface area contributed by atoms with Crippen molar-refractivity contribution >= 4 is 23.3 Å². The summed E-state index contributed by atoms with van der Waals surface area (Å²) in [4.78, 5) is 28.6. The lowest BCUT2D eigenvalue weighted by molar-refractivity contribution is 0.0269. The van der Waals surface area contributed by atoms with Crippen LogP contribution in [0.4, 0.5) is 0 Å². The van der Waals surface area contributed by atoms with Gasteiger partial charge in [-0.2, -0.15) is 0 Å². The zero-order valence-electron chi connectivity index (χ0n) is 16.1. The van der Waals surface area contributed by atoms with Crippen LogP contribution in [0.15, 0.2) is 48.5 Å². The number of hydrogen-bond acceptors (Lipinski definition) is 4. The maximum absolute atomic E-state index is 12.8. The van der Waals surface area contributed by atoms with E-state index < -0.39 is 6.61 Å². The maximum atomic E-state index is 12.8. The number of aliphatic hydroxyl groups excluding tert-OH is 1. The Morgan fingerprint density at radius 1 is 1.04 bits per heavy atom. The number of aliphatic hydroxyl groups is 1. The van der Waals surface area contributed by atoms with E-state index in [9.17, 15) is 9.59 Å². The van der Waals surface area contributed by atoms with Crippen LogP contribution in [-0.4, -0.2) is 58.4 Å². The van der Waals surface area contributed by atoms with Gasteiger partial charge in [0.05, 0.1) is 0 Å². The third-order valence-corrected chi connectivity index (χ3v) is 5.48. The second kappa shape index (κ2) is 8.86. The second-order valence-electron chi connectivity index (χ2n) is 7.37. The Labute approximate surface area is 170 Å². The summed E-state index contributed by atoms with van der Waals surface area (Å²) >= 11 is 6.02. The number of hydrogen-bond donors (Lipinski definition) is 1. The topological polar surface area (TPSA) is 60.9 Å². The first-order valence-electron chi connectivity index (χ1n) is 9.42. The Hall–Kier alpha value is -2.21. The molecule has 2 aromatic rings. The number of amides is 1. The lowest BCUT2D eigenvalue weighted by Gasteiger charge is -2.44. The van der Waals surface area contributed by atoms with E-state index in [1.165, 1.54) is 0 Å². The Morgan fingerprint density at radius 2 is 1.68 bits per heavy atom. The molecule has 2 aromatic carbocycles. The minimum atomic E-state index is -0.476. The van der Waals surface area contributed by atoms with Gasteiger partial charge in [0.25, 0.3) is 5.91 Å². The van der Waals surface area contributed by atoms with Gasteiger partial charge in [0, 0.05) is 47.9 Å². The molecular weight excluding hydrogens is 376 g/mol. The molecule has 148 valence electrons. The van der Waals surface area contributed by atoms with Crippen LogP contribution in [0.1, 0.15) is 40.1 Å². The van der Waals surface area contributed by atoms with E-state index in [-0.39, 0.29) is 23.8 Å². The van der Waals surface area contributed by atoms with Gasteiger partial charge in [-0.15, -0.1) is 0 Å². The SMILES string of the molecule is C[C@@H]1CN(C(=O)c2cccc(Cl)c2)C[C@H](C)N1Cc1ccc(C(=O)CO)cc1. The van der Waals surface area contributed by atoms with Crippen LogP contribution in [0.5, 0.6) is 0 Å². The minimum Gasteiger partial charge on any atom is -0.388 e. The number of rotatable bonds is 5. The highest BCUT2D eigenvalue weighted by Crippen LogP contribution is 2.22. The van der Waals surface area contributed by atoms with Gasteiger partial charge < -0.3 is 10.0 Å². The van der Waals surface area contributed by atoms with Gasteiger partial charge in [0.1, 0.15) is 6.61 Å². The summed E-state index contributed by atoms with van der Waals surface area (Å²) in [6, 6.07) is 14.8. The van der Waals surface area contributed by atoms with Crippen molar-refractivity contribution in [1.82, 2.24) is 9.80 Å². The van der Waals surface area contributed by atoms with Crippen LogP contribution in [0, 0.1) is 0 Å². The molecule has 28 heavy (non-hydrogen) atoms. The molecule has 1 fully saturated rings. The van der Waals surface area contributed by atoms with Crippen molar-refractivity contribution in [1.29, 1.82) is 0 Å². The predicted octanol–water partition coefficient (Wildman–Crippen LogP) is 3.25. The van der Waals surface area contributed by atoms with Crippen LogP contribution in [0.2, 0.25) is 5.02 Å². The highest BCUT2D eigenvalue weighted by Gasteiger charge is 2.32. The van der Waals surface area contributed by atoms with E-state index in [0.29, 0.717) is 29.2 Å². The third-order valence-electron chi connectivity index (χ3n) is 5.24. The molecule has 1 heterocycles. The second-order valence-corrected chi connectivity index (χ2v) is 7.81. The molecule has 1 amide bonds. The van der Waals surface area contributed by atoms with Crippen molar-refractivity contribution in [2.75, 3.05) is 19.7 Å². The van der Waals surface area contributed by atoms with Gasteiger partial charge in [0.2, 0.25) is 0 Å². The fourth-order valence-electron chi connectivity index (χ4n) is 3.74. The molecule has 5 nitrogen and oxygen atoms in total. The quantitative estimate of drug-likeness (QED) is 0.782. The monoisotopic (exact) mass is 400 g/mol. The van der Waals surface area contributed by atoms with Gasteiger partial charge in [-0.05, 0) is 37.6 Å². The number of Topliss-reactive ketones (excluding diaryl/α,β-unsaturated/α-hetero) is 1. The molecule has 3 rings (SSSR count). The number of ketones is 1. The van der Waals surface area contributed by atoms with Crippen molar-refractivity contribution in [3.8, 4) is 0 Å².